The third-order valence-corrected chi connectivity index (χ3v) is 5.10. The van der Waals surface area contributed by atoms with Crippen molar-refractivity contribution in [2.75, 3.05) is 0 Å². The van der Waals surface area contributed by atoms with Gasteiger partial charge in [0.15, 0.2) is 0 Å². The van der Waals surface area contributed by atoms with Crippen molar-refractivity contribution in [3.8, 4) is 0 Å². The molecule has 0 N–H and O–H groups in total. The molecule has 2 heteroatoms. The Labute approximate surface area is 154 Å². The number of rotatable bonds is 4. The minimum atomic E-state index is 0.992. The molecule has 0 aliphatic rings. The lowest BCUT2D eigenvalue weighted by Gasteiger charge is -2.14. The molecule has 0 amide bonds. The van der Waals surface area contributed by atoms with Crippen LogP contribution in [-0.2, 0) is 0 Å². The van der Waals surface area contributed by atoms with Crippen molar-refractivity contribution in [1.82, 2.24) is 0 Å². The average molecular weight is 382 g/mol. The number of aryl methyl sites for hydroxylation is 2. The molecule has 0 heterocycles. The van der Waals surface area contributed by atoms with E-state index in [1.165, 1.54) is 27.8 Å². The second-order valence-corrected chi connectivity index (χ2v) is 6.73. The second kappa shape index (κ2) is 8.25. The Hall–Kier alpha value is -1.93. The van der Waals surface area contributed by atoms with Crippen LogP contribution in [0.15, 0.2) is 57.6 Å². The lowest BCUT2D eigenvalue weighted by atomic mass is 9.93. The first kappa shape index (κ1) is 18.4. The Balaban J connectivity index is 2.69. The van der Waals surface area contributed by atoms with E-state index < -0.39 is 0 Å². The first-order valence-corrected chi connectivity index (χ1v) is 8.97. The Morgan fingerprint density at radius 1 is 1.00 bits per heavy atom. The lowest BCUT2D eigenvalue weighted by molar-refractivity contribution is 1.30. The Bertz CT molecular complexity index is 826. The Kier molecular flexibility index (Phi) is 6.33. The zero-order valence-corrected chi connectivity index (χ0v) is 16.6. The second-order valence-electron chi connectivity index (χ2n) is 5.88. The van der Waals surface area contributed by atoms with Crippen LogP contribution >= 0.6 is 15.9 Å². The standard InChI is InChI=1S/C22H24BrN/c1-6-22(24-7-2)20(19-10-8-9-15(3)17(19)5)14-18-11-12-21(23)16(4)13-18/h6-14H,1-5H3/b20-14-,22-6-,24-7?. The number of nitrogens with zero attached hydrogens (tertiary/aromatic N) is 1. The molecule has 2 rings (SSSR count). The smallest absolute Gasteiger partial charge is 0.0661 e. The maximum atomic E-state index is 4.58. The van der Waals surface area contributed by atoms with Crippen LogP contribution in [0.2, 0.25) is 0 Å². The van der Waals surface area contributed by atoms with Gasteiger partial charge in [0.1, 0.15) is 0 Å². The zero-order chi connectivity index (χ0) is 17.7. The highest BCUT2D eigenvalue weighted by atomic mass is 79.9. The molecular weight excluding hydrogens is 358 g/mol. The summed E-state index contributed by atoms with van der Waals surface area (Å²) >= 11 is 3.57. The number of hydrogen-bond acceptors (Lipinski definition) is 1. The molecule has 2 aromatic carbocycles. The molecule has 0 saturated carbocycles. The summed E-state index contributed by atoms with van der Waals surface area (Å²) in [7, 11) is 0. The Morgan fingerprint density at radius 3 is 2.38 bits per heavy atom. The van der Waals surface area contributed by atoms with E-state index in [9.17, 15) is 0 Å². The highest BCUT2D eigenvalue weighted by Crippen LogP contribution is 2.31. The van der Waals surface area contributed by atoms with Crippen LogP contribution in [0.3, 0.4) is 0 Å². The lowest BCUT2D eigenvalue weighted by Crippen LogP contribution is -1.95. The number of aliphatic imine (C=N–C) groups is 1. The van der Waals surface area contributed by atoms with E-state index in [4.69, 9.17) is 0 Å². The van der Waals surface area contributed by atoms with Gasteiger partial charge < -0.3 is 0 Å². The quantitative estimate of drug-likeness (QED) is 0.310. The molecule has 0 bridgehead atoms. The Morgan fingerprint density at radius 2 is 1.75 bits per heavy atom. The van der Waals surface area contributed by atoms with E-state index in [0.717, 1.165) is 15.7 Å². The summed E-state index contributed by atoms with van der Waals surface area (Å²) in [6.07, 6.45) is 6.14. The minimum Gasteiger partial charge on any atom is -0.261 e. The third kappa shape index (κ3) is 4.12. The SMILES string of the molecule is CC=NC(=C\C)/C(=C\c1ccc(Br)c(C)c1)c1cccc(C)c1C. The van der Waals surface area contributed by atoms with E-state index in [1.807, 2.05) is 20.1 Å². The van der Waals surface area contributed by atoms with E-state index in [1.54, 1.807) is 0 Å². The van der Waals surface area contributed by atoms with E-state index in [-0.39, 0.29) is 0 Å². The molecule has 0 saturated heterocycles. The van der Waals surface area contributed by atoms with Gasteiger partial charge in [-0.1, -0.05) is 52.3 Å². The molecular formula is C22H24BrN. The van der Waals surface area contributed by atoms with Crippen LogP contribution in [0.25, 0.3) is 11.6 Å². The summed E-state index contributed by atoms with van der Waals surface area (Å²) in [5, 5.41) is 0. The van der Waals surface area contributed by atoms with Crippen LogP contribution in [0.1, 0.15) is 41.7 Å². The van der Waals surface area contributed by atoms with Crippen LogP contribution in [-0.4, -0.2) is 6.21 Å². The molecule has 0 unspecified atom stereocenters. The molecule has 0 aliphatic heterocycles. The summed E-state index contributed by atoms with van der Waals surface area (Å²) in [5.74, 6) is 0. The maximum absolute atomic E-state index is 4.58. The van der Waals surface area contributed by atoms with Gasteiger partial charge in [0.25, 0.3) is 0 Å². The zero-order valence-electron chi connectivity index (χ0n) is 15.0. The van der Waals surface area contributed by atoms with E-state index in [0.29, 0.717) is 0 Å². The van der Waals surface area contributed by atoms with Crippen LogP contribution in [0.4, 0.5) is 0 Å². The van der Waals surface area contributed by atoms with Gasteiger partial charge in [-0.25, -0.2) is 0 Å². The number of hydrogen-bond donors (Lipinski definition) is 0. The van der Waals surface area contributed by atoms with Crippen molar-refractivity contribution in [2.45, 2.75) is 34.6 Å². The van der Waals surface area contributed by atoms with Gasteiger partial charge in [-0.05, 0) is 74.6 Å². The van der Waals surface area contributed by atoms with Gasteiger partial charge >= 0.3 is 0 Å². The fraction of sp³-hybridized carbons (Fsp3) is 0.227. The van der Waals surface area contributed by atoms with Gasteiger partial charge in [0.2, 0.25) is 0 Å². The highest BCUT2D eigenvalue weighted by molar-refractivity contribution is 9.10. The summed E-state index contributed by atoms with van der Waals surface area (Å²) in [6, 6.07) is 12.9. The first-order chi connectivity index (χ1) is 11.5. The van der Waals surface area contributed by atoms with Crippen molar-refractivity contribution in [3.05, 3.63) is 80.5 Å². The molecule has 24 heavy (non-hydrogen) atoms. The summed E-state index contributed by atoms with van der Waals surface area (Å²) < 4.78 is 1.13. The van der Waals surface area contributed by atoms with Gasteiger partial charge in [0, 0.05) is 16.3 Å². The van der Waals surface area contributed by atoms with Crippen LogP contribution < -0.4 is 0 Å². The van der Waals surface area contributed by atoms with Crippen molar-refractivity contribution < 1.29 is 0 Å². The molecule has 1 nitrogen and oxygen atoms in total. The monoisotopic (exact) mass is 381 g/mol. The third-order valence-electron chi connectivity index (χ3n) is 4.21. The molecule has 0 atom stereocenters. The van der Waals surface area contributed by atoms with E-state index in [2.05, 4.69) is 90.2 Å². The number of allylic oxidation sites excluding steroid dienone is 2. The van der Waals surface area contributed by atoms with Gasteiger partial charge in [-0.15, -0.1) is 0 Å². The summed E-state index contributed by atoms with van der Waals surface area (Å²) in [6.45, 7) is 10.4. The first-order valence-electron chi connectivity index (χ1n) is 8.17. The minimum absolute atomic E-state index is 0.992. The highest BCUT2D eigenvalue weighted by Gasteiger charge is 2.11. The van der Waals surface area contributed by atoms with Crippen molar-refractivity contribution >= 4 is 33.8 Å². The summed E-state index contributed by atoms with van der Waals surface area (Å²) in [5.41, 5.74) is 8.37. The van der Waals surface area contributed by atoms with Crippen molar-refractivity contribution in [3.63, 3.8) is 0 Å². The normalized spacial score (nSPS) is 12.9. The predicted molar refractivity (Wildman–Crippen MR) is 111 cm³/mol. The number of halogens is 1. The average Bonchev–Trinajstić information content (AvgIpc) is 2.57. The van der Waals surface area contributed by atoms with Gasteiger partial charge in [-0.2, -0.15) is 0 Å². The van der Waals surface area contributed by atoms with Crippen molar-refractivity contribution in [1.29, 1.82) is 0 Å². The van der Waals surface area contributed by atoms with Crippen LogP contribution in [0.5, 0.6) is 0 Å². The molecule has 0 fully saturated rings. The molecule has 0 spiro atoms. The summed E-state index contributed by atoms with van der Waals surface area (Å²) in [4.78, 5) is 4.58. The molecule has 2 aromatic rings. The van der Waals surface area contributed by atoms with Crippen LogP contribution in [0, 0.1) is 20.8 Å². The maximum Gasteiger partial charge on any atom is 0.0661 e. The molecule has 0 aromatic heterocycles. The van der Waals surface area contributed by atoms with Gasteiger partial charge in [0.05, 0.1) is 5.70 Å². The molecule has 0 aliphatic carbocycles. The topological polar surface area (TPSA) is 12.4 Å². The predicted octanol–water partition coefficient (Wildman–Crippen LogP) is 6.91. The molecule has 0 radical (unpaired) electrons. The number of benzene rings is 2. The fourth-order valence-corrected chi connectivity index (χ4v) is 2.94. The van der Waals surface area contributed by atoms with Gasteiger partial charge in [-0.3, -0.25) is 4.99 Å². The molecule has 124 valence electrons. The fourth-order valence-electron chi connectivity index (χ4n) is 2.70. The van der Waals surface area contributed by atoms with Crippen molar-refractivity contribution in [2.24, 2.45) is 4.99 Å². The van der Waals surface area contributed by atoms with E-state index >= 15 is 0 Å². The largest absolute Gasteiger partial charge is 0.261 e.